The molecule has 0 saturated carbocycles. The quantitative estimate of drug-likeness (QED) is 0.823. The molecule has 102 valence electrons. The summed E-state index contributed by atoms with van der Waals surface area (Å²) in [6.45, 7) is 3.16. The molecule has 0 saturated heterocycles. The third-order valence-electron chi connectivity index (χ3n) is 3.28. The van der Waals surface area contributed by atoms with Crippen LogP contribution in [-0.4, -0.2) is 13.7 Å². The molecule has 2 aromatic rings. The molecular formula is C16H21NOS. The van der Waals surface area contributed by atoms with Gasteiger partial charge in [0, 0.05) is 6.04 Å². The Balaban J connectivity index is 1.94. The Hall–Kier alpha value is -1.32. The van der Waals surface area contributed by atoms with Crippen molar-refractivity contribution < 1.29 is 4.74 Å². The second-order valence-electron chi connectivity index (χ2n) is 4.55. The van der Waals surface area contributed by atoms with Crippen molar-refractivity contribution in [1.29, 1.82) is 0 Å². The van der Waals surface area contributed by atoms with Crippen LogP contribution in [0.3, 0.4) is 0 Å². The normalized spacial score (nSPS) is 12.3. The van der Waals surface area contributed by atoms with Crippen molar-refractivity contribution in [3.05, 3.63) is 52.2 Å². The molecule has 0 aliphatic carbocycles. The van der Waals surface area contributed by atoms with Crippen LogP contribution >= 0.6 is 11.3 Å². The van der Waals surface area contributed by atoms with Gasteiger partial charge in [-0.15, -0.1) is 0 Å². The maximum atomic E-state index is 5.18. The van der Waals surface area contributed by atoms with Crippen molar-refractivity contribution in [2.45, 2.75) is 25.8 Å². The van der Waals surface area contributed by atoms with Gasteiger partial charge in [0.05, 0.1) is 7.11 Å². The molecule has 0 aliphatic heterocycles. The fourth-order valence-electron chi connectivity index (χ4n) is 2.21. The average molecular weight is 275 g/mol. The van der Waals surface area contributed by atoms with Crippen molar-refractivity contribution in [2.75, 3.05) is 13.7 Å². The minimum Gasteiger partial charge on any atom is -0.497 e. The standard InChI is InChI=1S/C16H21NOS/c1-3-17-16(14-10-11-19-12-14)9-6-13-4-7-15(18-2)8-5-13/h4-5,7-8,10-12,16-17H,3,6,9H2,1-2H3. The molecule has 1 N–H and O–H groups in total. The summed E-state index contributed by atoms with van der Waals surface area (Å²) < 4.78 is 5.18. The van der Waals surface area contributed by atoms with E-state index in [4.69, 9.17) is 4.74 Å². The molecule has 1 aromatic heterocycles. The summed E-state index contributed by atoms with van der Waals surface area (Å²) in [5, 5.41) is 7.94. The van der Waals surface area contributed by atoms with Crippen LogP contribution in [0, 0.1) is 0 Å². The van der Waals surface area contributed by atoms with Gasteiger partial charge >= 0.3 is 0 Å². The highest BCUT2D eigenvalue weighted by Crippen LogP contribution is 2.22. The number of aryl methyl sites for hydroxylation is 1. The molecule has 0 radical (unpaired) electrons. The van der Waals surface area contributed by atoms with Gasteiger partial charge < -0.3 is 10.1 Å². The van der Waals surface area contributed by atoms with E-state index in [-0.39, 0.29) is 0 Å². The van der Waals surface area contributed by atoms with Crippen LogP contribution in [0.1, 0.15) is 30.5 Å². The third kappa shape index (κ3) is 4.08. The first-order valence-electron chi connectivity index (χ1n) is 6.72. The molecule has 0 aliphatic rings. The van der Waals surface area contributed by atoms with Crippen LogP contribution in [0.5, 0.6) is 5.75 Å². The molecule has 0 amide bonds. The zero-order valence-electron chi connectivity index (χ0n) is 11.6. The van der Waals surface area contributed by atoms with Crippen LogP contribution in [0.25, 0.3) is 0 Å². The second-order valence-corrected chi connectivity index (χ2v) is 5.33. The first-order valence-corrected chi connectivity index (χ1v) is 7.66. The van der Waals surface area contributed by atoms with Gasteiger partial charge in [0.1, 0.15) is 5.75 Å². The zero-order chi connectivity index (χ0) is 13.5. The summed E-state index contributed by atoms with van der Waals surface area (Å²) in [7, 11) is 1.70. The summed E-state index contributed by atoms with van der Waals surface area (Å²) in [5.74, 6) is 0.921. The first-order chi connectivity index (χ1) is 9.33. The summed E-state index contributed by atoms with van der Waals surface area (Å²) in [6.07, 6.45) is 2.20. The predicted molar refractivity (Wildman–Crippen MR) is 82.1 cm³/mol. The number of ether oxygens (including phenoxy) is 1. The van der Waals surface area contributed by atoms with E-state index in [2.05, 4.69) is 41.2 Å². The molecule has 3 heteroatoms. The van der Waals surface area contributed by atoms with E-state index in [0.717, 1.165) is 25.1 Å². The van der Waals surface area contributed by atoms with Crippen molar-refractivity contribution in [1.82, 2.24) is 5.32 Å². The molecule has 1 heterocycles. The van der Waals surface area contributed by atoms with Gasteiger partial charge in [0.15, 0.2) is 0 Å². The van der Waals surface area contributed by atoms with E-state index in [9.17, 15) is 0 Å². The number of hydrogen-bond donors (Lipinski definition) is 1. The first kappa shape index (κ1) is 14.1. The Kier molecular flexibility index (Phi) is 5.43. The van der Waals surface area contributed by atoms with Crippen LogP contribution in [0.2, 0.25) is 0 Å². The molecule has 1 unspecified atom stereocenters. The Morgan fingerprint density at radius 3 is 2.58 bits per heavy atom. The summed E-state index contributed by atoms with van der Waals surface area (Å²) in [5.41, 5.74) is 2.76. The number of hydrogen-bond acceptors (Lipinski definition) is 3. The number of methoxy groups -OCH3 is 1. The monoisotopic (exact) mass is 275 g/mol. The lowest BCUT2D eigenvalue weighted by Crippen LogP contribution is -2.20. The predicted octanol–water partition coefficient (Wildman–Crippen LogP) is 4.04. The maximum absolute atomic E-state index is 5.18. The largest absolute Gasteiger partial charge is 0.497 e. The van der Waals surface area contributed by atoms with E-state index in [1.165, 1.54) is 11.1 Å². The third-order valence-corrected chi connectivity index (χ3v) is 3.98. The van der Waals surface area contributed by atoms with Crippen LogP contribution in [0.4, 0.5) is 0 Å². The Labute approximate surface area is 119 Å². The number of benzene rings is 1. The van der Waals surface area contributed by atoms with Gasteiger partial charge in [0.25, 0.3) is 0 Å². The number of nitrogens with one attached hydrogen (secondary N) is 1. The van der Waals surface area contributed by atoms with Crippen molar-refractivity contribution in [3.63, 3.8) is 0 Å². The molecule has 1 aromatic carbocycles. The number of rotatable bonds is 7. The molecular weight excluding hydrogens is 254 g/mol. The molecule has 0 fully saturated rings. The molecule has 2 rings (SSSR count). The summed E-state index contributed by atoms with van der Waals surface area (Å²) in [6, 6.07) is 11.0. The lowest BCUT2D eigenvalue weighted by Gasteiger charge is -2.16. The van der Waals surface area contributed by atoms with E-state index in [1.807, 2.05) is 12.1 Å². The van der Waals surface area contributed by atoms with Crippen LogP contribution < -0.4 is 10.1 Å². The lowest BCUT2D eigenvalue weighted by molar-refractivity contribution is 0.414. The van der Waals surface area contributed by atoms with E-state index in [1.54, 1.807) is 18.4 Å². The Morgan fingerprint density at radius 2 is 2.00 bits per heavy atom. The van der Waals surface area contributed by atoms with Crippen molar-refractivity contribution in [3.8, 4) is 5.75 Å². The number of thiophene rings is 1. The van der Waals surface area contributed by atoms with E-state index >= 15 is 0 Å². The van der Waals surface area contributed by atoms with Gasteiger partial charge in [-0.1, -0.05) is 19.1 Å². The second kappa shape index (κ2) is 7.31. The topological polar surface area (TPSA) is 21.3 Å². The minimum absolute atomic E-state index is 0.457. The maximum Gasteiger partial charge on any atom is 0.118 e. The minimum atomic E-state index is 0.457. The summed E-state index contributed by atoms with van der Waals surface area (Å²) in [4.78, 5) is 0. The van der Waals surface area contributed by atoms with Gasteiger partial charge in [-0.2, -0.15) is 11.3 Å². The SMILES string of the molecule is CCNC(CCc1ccc(OC)cc1)c1ccsc1. The van der Waals surface area contributed by atoms with Crippen molar-refractivity contribution >= 4 is 11.3 Å². The lowest BCUT2D eigenvalue weighted by atomic mass is 10.0. The van der Waals surface area contributed by atoms with Gasteiger partial charge in [0.2, 0.25) is 0 Å². The summed E-state index contributed by atoms with van der Waals surface area (Å²) >= 11 is 1.76. The molecule has 0 bridgehead atoms. The van der Waals surface area contributed by atoms with Crippen LogP contribution in [0.15, 0.2) is 41.1 Å². The molecule has 19 heavy (non-hydrogen) atoms. The molecule has 0 spiro atoms. The highest BCUT2D eigenvalue weighted by atomic mass is 32.1. The van der Waals surface area contributed by atoms with Gasteiger partial charge in [-0.25, -0.2) is 0 Å². The van der Waals surface area contributed by atoms with E-state index < -0.39 is 0 Å². The molecule has 2 nitrogen and oxygen atoms in total. The fraction of sp³-hybridized carbons (Fsp3) is 0.375. The van der Waals surface area contributed by atoms with Gasteiger partial charge in [-0.05, 0) is 59.5 Å². The highest BCUT2D eigenvalue weighted by Gasteiger charge is 2.10. The Bertz CT molecular complexity index is 464. The average Bonchev–Trinajstić information content (AvgIpc) is 2.98. The highest BCUT2D eigenvalue weighted by molar-refractivity contribution is 7.07. The van der Waals surface area contributed by atoms with Gasteiger partial charge in [-0.3, -0.25) is 0 Å². The zero-order valence-corrected chi connectivity index (χ0v) is 12.4. The molecule has 1 atom stereocenters. The van der Waals surface area contributed by atoms with Crippen molar-refractivity contribution in [2.24, 2.45) is 0 Å². The van der Waals surface area contributed by atoms with Crippen LogP contribution in [-0.2, 0) is 6.42 Å². The smallest absolute Gasteiger partial charge is 0.118 e. The van der Waals surface area contributed by atoms with E-state index in [0.29, 0.717) is 6.04 Å². The Morgan fingerprint density at radius 1 is 1.21 bits per heavy atom. The fourth-order valence-corrected chi connectivity index (χ4v) is 2.92.